The Labute approximate surface area is 348 Å². The van der Waals surface area contributed by atoms with Gasteiger partial charge in [0.05, 0.1) is 16.7 Å². The molecule has 0 atom stereocenters. The number of para-hydroxylation sites is 1. The van der Waals surface area contributed by atoms with Crippen molar-refractivity contribution in [3.63, 3.8) is 0 Å². The fraction of sp³-hybridized carbons (Fsp3) is 0.143. The van der Waals surface area contributed by atoms with Gasteiger partial charge in [0.2, 0.25) is 0 Å². The highest BCUT2D eigenvalue weighted by Crippen LogP contribution is 2.50. The van der Waals surface area contributed by atoms with Crippen LogP contribution in [0.25, 0.3) is 38.6 Å². The number of aromatic nitrogens is 1. The minimum Gasteiger partial charge on any atom is -0.310 e. The molecule has 0 radical (unpaired) electrons. The molecule has 8 aromatic carbocycles. The summed E-state index contributed by atoms with van der Waals surface area (Å²) in [7, 11) is 0. The molecule has 1 aliphatic rings. The van der Waals surface area contributed by atoms with Crippen molar-refractivity contribution in [2.45, 2.75) is 53.9 Å². The standard InChI is InChI=1S/C56H49N3/c1-36-12-21-43(22-13-36)57(44-23-14-37(2)15-24-44)47-31-41(32-48(35-47)58(45-25-16-38(3)17-26-45)46-27-18-39(4)19-28-46)42-33-50-49-30-40(5)20-29-53(49)59-54-11-9-8-10-51(54)56(6,7)52(34-42)55(50)59/h8-35H,1-7H3. The van der Waals surface area contributed by atoms with E-state index in [0.29, 0.717) is 0 Å². The lowest BCUT2D eigenvalue weighted by Crippen LogP contribution is -2.26. The first-order valence-corrected chi connectivity index (χ1v) is 20.8. The monoisotopic (exact) mass is 763 g/mol. The molecule has 0 fully saturated rings. The summed E-state index contributed by atoms with van der Waals surface area (Å²) in [6.45, 7) is 15.6. The zero-order valence-electron chi connectivity index (χ0n) is 35.0. The van der Waals surface area contributed by atoms with Gasteiger partial charge in [-0.3, -0.25) is 0 Å². The van der Waals surface area contributed by atoms with E-state index in [9.17, 15) is 0 Å². The van der Waals surface area contributed by atoms with Crippen LogP contribution in [-0.4, -0.2) is 4.57 Å². The summed E-state index contributed by atoms with van der Waals surface area (Å²) in [5, 5.41) is 2.57. The number of hydrogen-bond donors (Lipinski definition) is 0. The van der Waals surface area contributed by atoms with Gasteiger partial charge in [-0.05, 0) is 154 Å². The lowest BCUT2D eigenvalue weighted by atomic mass is 9.74. The van der Waals surface area contributed by atoms with Crippen molar-refractivity contribution in [2.24, 2.45) is 0 Å². The average molecular weight is 764 g/mol. The molecule has 0 amide bonds. The second kappa shape index (κ2) is 13.9. The summed E-state index contributed by atoms with van der Waals surface area (Å²) >= 11 is 0. The fourth-order valence-electron chi connectivity index (χ4n) is 9.19. The normalized spacial score (nSPS) is 12.8. The van der Waals surface area contributed by atoms with Gasteiger partial charge in [0.1, 0.15) is 0 Å². The number of fused-ring (bicyclic) bond motifs is 5. The molecule has 0 saturated carbocycles. The molecular formula is C56H49N3. The highest BCUT2D eigenvalue weighted by molar-refractivity contribution is 6.13. The first-order chi connectivity index (χ1) is 28.5. The third kappa shape index (κ3) is 6.20. The molecule has 3 nitrogen and oxygen atoms in total. The van der Waals surface area contributed by atoms with Crippen LogP contribution in [0.2, 0.25) is 0 Å². The maximum absolute atomic E-state index is 2.51. The predicted octanol–water partition coefficient (Wildman–Crippen LogP) is 15.6. The van der Waals surface area contributed by atoms with E-state index in [1.807, 2.05) is 0 Å². The maximum atomic E-state index is 2.51. The molecule has 0 spiro atoms. The molecule has 10 rings (SSSR count). The van der Waals surface area contributed by atoms with E-state index in [0.717, 1.165) is 39.7 Å². The van der Waals surface area contributed by atoms with Crippen LogP contribution in [0.15, 0.2) is 170 Å². The van der Waals surface area contributed by atoms with Crippen molar-refractivity contribution >= 4 is 55.9 Å². The summed E-state index contributed by atoms with van der Waals surface area (Å²) in [6, 6.07) is 63.6. The number of aryl methyl sites for hydroxylation is 5. The number of nitrogens with zero attached hydrogens (tertiary/aromatic N) is 3. The van der Waals surface area contributed by atoms with Gasteiger partial charge in [-0.1, -0.05) is 114 Å². The SMILES string of the molecule is Cc1ccc(N(c2ccc(C)cc2)c2cc(-c3cc4c5c(c3)c3cc(C)ccc3n5-c3ccccc3C4(C)C)cc(N(c3ccc(C)cc3)c3ccc(C)cc3)c2)cc1. The second-order valence-corrected chi connectivity index (χ2v) is 17.2. The minimum atomic E-state index is -0.226. The molecule has 9 aromatic rings. The highest BCUT2D eigenvalue weighted by atomic mass is 15.2. The van der Waals surface area contributed by atoms with Crippen LogP contribution in [0.3, 0.4) is 0 Å². The smallest absolute Gasteiger partial charge is 0.0582 e. The molecule has 0 unspecified atom stereocenters. The van der Waals surface area contributed by atoms with Gasteiger partial charge in [0, 0.05) is 50.3 Å². The van der Waals surface area contributed by atoms with Gasteiger partial charge >= 0.3 is 0 Å². The second-order valence-electron chi connectivity index (χ2n) is 17.2. The largest absolute Gasteiger partial charge is 0.310 e. The van der Waals surface area contributed by atoms with Gasteiger partial charge in [-0.25, -0.2) is 0 Å². The molecule has 3 heteroatoms. The minimum absolute atomic E-state index is 0.226. The van der Waals surface area contributed by atoms with E-state index in [1.54, 1.807) is 0 Å². The van der Waals surface area contributed by atoms with Crippen molar-refractivity contribution < 1.29 is 0 Å². The number of rotatable bonds is 7. The first-order valence-electron chi connectivity index (χ1n) is 20.8. The summed E-state index contributed by atoms with van der Waals surface area (Å²) < 4.78 is 2.51. The van der Waals surface area contributed by atoms with E-state index in [2.05, 4.69) is 233 Å². The number of benzene rings is 8. The lowest BCUT2D eigenvalue weighted by molar-refractivity contribution is 0.630. The fourth-order valence-corrected chi connectivity index (χ4v) is 9.19. The van der Waals surface area contributed by atoms with Gasteiger partial charge in [-0.2, -0.15) is 0 Å². The van der Waals surface area contributed by atoms with E-state index < -0.39 is 0 Å². The van der Waals surface area contributed by atoms with Crippen molar-refractivity contribution in [3.05, 3.63) is 209 Å². The van der Waals surface area contributed by atoms with Crippen LogP contribution < -0.4 is 9.80 Å². The molecular weight excluding hydrogens is 715 g/mol. The quantitative estimate of drug-likeness (QED) is 0.160. The molecule has 0 saturated heterocycles. The maximum Gasteiger partial charge on any atom is 0.0582 e. The Morgan fingerprint density at radius 3 is 1.31 bits per heavy atom. The van der Waals surface area contributed by atoms with Crippen molar-refractivity contribution in [1.82, 2.24) is 4.57 Å². The molecule has 1 aromatic heterocycles. The van der Waals surface area contributed by atoms with Gasteiger partial charge < -0.3 is 14.4 Å². The zero-order chi connectivity index (χ0) is 40.6. The number of anilines is 6. The van der Waals surface area contributed by atoms with Crippen LogP contribution in [0, 0.1) is 34.6 Å². The van der Waals surface area contributed by atoms with E-state index >= 15 is 0 Å². The Morgan fingerprint density at radius 2 is 0.814 bits per heavy atom. The van der Waals surface area contributed by atoms with Crippen LogP contribution >= 0.6 is 0 Å². The third-order valence-corrected chi connectivity index (χ3v) is 12.4. The number of hydrogen-bond acceptors (Lipinski definition) is 2. The zero-order valence-corrected chi connectivity index (χ0v) is 35.0. The van der Waals surface area contributed by atoms with Crippen LogP contribution in [0.5, 0.6) is 0 Å². The van der Waals surface area contributed by atoms with Gasteiger partial charge in [-0.15, -0.1) is 0 Å². The van der Waals surface area contributed by atoms with Crippen molar-refractivity contribution in [3.8, 4) is 16.8 Å². The Morgan fingerprint density at radius 1 is 0.373 bits per heavy atom. The van der Waals surface area contributed by atoms with Crippen LogP contribution in [0.1, 0.15) is 52.8 Å². The predicted molar refractivity (Wildman–Crippen MR) is 251 cm³/mol. The first kappa shape index (κ1) is 36.5. The molecule has 0 bridgehead atoms. The van der Waals surface area contributed by atoms with E-state index in [1.165, 1.54) is 72.0 Å². The van der Waals surface area contributed by atoms with Crippen LogP contribution in [0.4, 0.5) is 34.1 Å². The van der Waals surface area contributed by atoms with Crippen molar-refractivity contribution in [2.75, 3.05) is 9.80 Å². The lowest BCUT2D eigenvalue weighted by Gasteiger charge is -2.35. The topological polar surface area (TPSA) is 11.4 Å². The Bertz CT molecular complexity index is 2830. The molecule has 59 heavy (non-hydrogen) atoms. The molecule has 1 aliphatic heterocycles. The molecule has 2 heterocycles. The Balaban J connectivity index is 1.30. The van der Waals surface area contributed by atoms with Gasteiger partial charge in [0.25, 0.3) is 0 Å². The molecule has 288 valence electrons. The summed E-state index contributed by atoms with van der Waals surface area (Å²) in [5.74, 6) is 0. The third-order valence-electron chi connectivity index (χ3n) is 12.4. The molecule has 0 N–H and O–H groups in total. The Kier molecular flexibility index (Phi) is 8.61. The van der Waals surface area contributed by atoms with Gasteiger partial charge in [0.15, 0.2) is 0 Å². The molecule has 0 aliphatic carbocycles. The van der Waals surface area contributed by atoms with Crippen LogP contribution in [-0.2, 0) is 5.41 Å². The van der Waals surface area contributed by atoms with E-state index in [4.69, 9.17) is 0 Å². The average Bonchev–Trinajstić information content (AvgIpc) is 3.56. The summed E-state index contributed by atoms with van der Waals surface area (Å²) in [6.07, 6.45) is 0. The summed E-state index contributed by atoms with van der Waals surface area (Å²) in [5.41, 5.74) is 21.5. The van der Waals surface area contributed by atoms with Crippen molar-refractivity contribution in [1.29, 1.82) is 0 Å². The summed E-state index contributed by atoms with van der Waals surface area (Å²) in [4.78, 5) is 4.82. The highest BCUT2D eigenvalue weighted by Gasteiger charge is 2.35. The van der Waals surface area contributed by atoms with E-state index in [-0.39, 0.29) is 5.41 Å². The Hall–Kier alpha value is -6.84.